The summed E-state index contributed by atoms with van der Waals surface area (Å²) in [4.78, 5) is 27.4. The van der Waals surface area contributed by atoms with Crippen LogP contribution >= 0.6 is 11.6 Å². The van der Waals surface area contributed by atoms with E-state index in [1.54, 1.807) is 16.8 Å². The molecular weight excluding hydrogens is 515 g/mol. The predicted octanol–water partition coefficient (Wildman–Crippen LogP) is 6.19. The first kappa shape index (κ1) is 27.1. The summed E-state index contributed by atoms with van der Waals surface area (Å²) in [7, 11) is 0. The molecule has 0 spiro atoms. The van der Waals surface area contributed by atoms with E-state index in [2.05, 4.69) is 18.7 Å². The molecule has 2 aromatic carbocycles. The van der Waals surface area contributed by atoms with Gasteiger partial charge in [-0.3, -0.25) is 4.79 Å². The molecule has 0 unspecified atom stereocenters. The molecule has 3 heterocycles. The van der Waals surface area contributed by atoms with E-state index < -0.39 is 5.38 Å². The maximum Gasteiger partial charge on any atom is 0.245 e. The highest BCUT2D eigenvalue weighted by atomic mass is 35.5. The summed E-state index contributed by atoms with van der Waals surface area (Å²) in [6, 6.07) is 15.8. The Morgan fingerprint density at radius 3 is 2.49 bits per heavy atom. The molecule has 1 amide bonds. The molecule has 1 fully saturated rings. The molecule has 204 valence electrons. The minimum absolute atomic E-state index is 0.0740. The average molecular weight is 549 g/mol. The molecule has 4 aromatic rings. The minimum Gasteiger partial charge on any atom is -0.354 e. The number of amides is 1. The minimum atomic E-state index is -0.707. The Labute approximate surface area is 233 Å². The van der Waals surface area contributed by atoms with Gasteiger partial charge in [-0.15, -0.1) is 11.6 Å². The van der Waals surface area contributed by atoms with Crippen LogP contribution in [0.1, 0.15) is 61.5 Å². The number of nitrogens with zero attached hydrogens (tertiary/aromatic N) is 6. The molecular formula is C30H34ClFN6O. The zero-order valence-corrected chi connectivity index (χ0v) is 23.4. The number of halogens is 2. The lowest BCUT2D eigenvalue weighted by Crippen LogP contribution is -2.37. The summed E-state index contributed by atoms with van der Waals surface area (Å²) < 4.78 is 15.4. The zero-order valence-electron chi connectivity index (χ0n) is 22.6. The molecule has 2 atom stereocenters. The molecule has 0 aliphatic carbocycles. The topological polar surface area (TPSA) is 67.2 Å². The molecule has 7 nitrogen and oxygen atoms in total. The fourth-order valence-electron chi connectivity index (χ4n) is 5.23. The normalized spacial score (nSPS) is 15.8. The van der Waals surface area contributed by atoms with E-state index in [4.69, 9.17) is 26.7 Å². The third kappa shape index (κ3) is 5.62. The molecule has 0 radical (unpaired) electrons. The highest BCUT2D eigenvalue weighted by Gasteiger charge is 2.28. The molecule has 39 heavy (non-hydrogen) atoms. The van der Waals surface area contributed by atoms with Gasteiger partial charge in [-0.25, -0.2) is 19.0 Å². The Balaban J connectivity index is 1.49. The van der Waals surface area contributed by atoms with E-state index in [9.17, 15) is 9.18 Å². The van der Waals surface area contributed by atoms with Crippen molar-refractivity contribution >= 4 is 34.4 Å². The van der Waals surface area contributed by atoms with E-state index >= 15 is 0 Å². The van der Waals surface area contributed by atoms with Gasteiger partial charge in [0.15, 0.2) is 5.65 Å². The number of hydrogen-bond donors (Lipinski definition) is 0. The summed E-state index contributed by atoms with van der Waals surface area (Å²) >= 11 is 6.59. The summed E-state index contributed by atoms with van der Waals surface area (Å²) in [5, 5.41) is 4.97. The molecule has 0 saturated carbocycles. The fourth-order valence-corrected chi connectivity index (χ4v) is 5.51. The first-order valence-corrected chi connectivity index (χ1v) is 14.1. The van der Waals surface area contributed by atoms with E-state index in [1.165, 1.54) is 12.1 Å². The maximum atomic E-state index is 13.7. The van der Waals surface area contributed by atoms with Crippen molar-refractivity contribution in [3.05, 3.63) is 77.5 Å². The molecule has 1 saturated heterocycles. The van der Waals surface area contributed by atoms with Crippen LogP contribution in [0.3, 0.4) is 0 Å². The van der Waals surface area contributed by atoms with Crippen LogP contribution in [0.15, 0.2) is 54.6 Å². The fraction of sp³-hybridized carbons (Fsp3) is 0.400. The van der Waals surface area contributed by atoms with Crippen molar-refractivity contribution in [2.24, 2.45) is 0 Å². The average Bonchev–Trinajstić information content (AvgIpc) is 3.12. The number of alkyl halides is 1. The Bertz CT molecular complexity index is 1440. The SMILES string of the molecule is CCC[C@H](C)c1nc(N2CCCN(C(=O)[C@@H](Cl)c3ccccc3)CC2)c2c(C)nn(-c3ccc(F)cc3)c2n1. The number of anilines is 1. The number of fused-ring (bicyclic) bond motifs is 1. The van der Waals surface area contributed by atoms with E-state index in [0.717, 1.165) is 59.8 Å². The first-order chi connectivity index (χ1) is 18.9. The maximum absolute atomic E-state index is 13.7. The van der Waals surface area contributed by atoms with Crippen molar-refractivity contribution in [1.82, 2.24) is 24.6 Å². The second-order valence-electron chi connectivity index (χ2n) is 10.2. The predicted molar refractivity (Wildman–Crippen MR) is 153 cm³/mol. The van der Waals surface area contributed by atoms with Crippen molar-refractivity contribution < 1.29 is 9.18 Å². The molecule has 1 aliphatic heterocycles. The van der Waals surface area contributed by atoms with Crippen LogP contribution < -0.4 is 4.90 Å². The smallest absolute Gasteiger partial charge is 0.245 e. The van der Waals surface area contributed by atoms with Crippen LogP contribution in [-0.2, 0) is 4.79 Å². The Kier molecular flexibility index (Phi) is 8.12. The van der Waals surface area contributed by atoms with Crippen LogP contribution in [-0.4, -0.2) is 56.7 Å². The third-order valence-electron chi connectivity index (χ3n) is 7.35. The van der Waals surface area contributed by atoms with Crippen LogP contribution in [0.5, 0.6) is 0 Å². The summed E-state index contributed by atoms with van der Waals surface area (Å²) in [5.74, 6) is 1.40. The van der Waals surface area contributed by atoms with Crippen molar-refractivity contribution in [2.45, 2.75) is 51.3 Å². The van der Waals surface area contributed by atoms with Crippen molar-refractivity contribution in [3.63, 3.8) is 0 Å². The lowest BCUT2D eigenvalue weighted by atomic mass is 10.1. The molecule has 0 N–H and O–H groups in total. The molecule has 9 heteroatoms. The lowest BCUT2D eigenvalue weighted by Gasteiger charge is -2.25. The molecule has 5 rings (SSSR count). The number of aryl methyl sites for hydroxylation is 1. The number of carbonyl (C=O) groups excluding carboxylic acids is 1. The monoisotopic (exact) mass is 548 g/mol. The quantitative estimate of drug-likeness (QED) is 0.258. The molecule has 2 aromatic heterocycles. The second kappa shape index (κ2) is 11.7. The number of benzene rings is 2. The number of rotatable bonds is 7. The number of hydrogen-bond acceptors (Lipinski definition) is 5. The van der Waals surface area contributed by atoms with Gasteiger partial charge in [0.25, 0.3) is 0 Å². The Morgan fingerprint density at radius 2 is 1.77 bits per heavy atom. The Hall–Kier alpha value is -3.52. The van der Waals surface area contributed by atoms with E-state index in [0.29, 0.717) is 25.3 Å². The van der Waals surface area contributed by atoms with Gasteiger partial charge in [-0.05, 0) is 49.6 Å². The number of carbonyl (C=O) groups is 1. The van der Waals surface area contributed by atoms with Gasteiger partial charge in [-0.2, -0.15) is 5.10 Å². The van der Waals surface area contributed by atoms with E-state index in [1.807, 2.05) is 42.2 Å². The summed E-state index contributed by atoms with van der Waals surface area (Å²) in [6.45, 7) is 8.81. The van der Waals surface area contributed by atoms with Gasteiger partial charge in [0.2, 0.25) is 5.91 Å². The van der Waals surface area contributed by atoms with Crippen LogP contribution in [0.2, 0.25) is 0 Å². The van der Waals surface area contributed by atoms with Gasteiger partial charge in [0.1, 0.15) is 22.8 Å². The molecule has 1 aliphatic rings. The Morgan fingerprint density at radius 1 is 1.03 bits per heavy atom. The number of aromatic nitrogens is 4. The standard InChI is InChI=1S/C30H34ClFN6O/c1-4-9-20(2)27-33-28(25-21(3)35-38(29(25)34-27)24-14-12-23(32)13-15-24)36-16-8-17-37(19-18-36)30(39)26(31)22-10-6-5-7-11-22/h5-7,10-15,20,26H,4,8-9,16-19H2,1-3H3/t20-,26-/m0/s1. The van der Waals surface area contributed by atoms with Gasteiger partial charge in [-0.1, -0.05) is 50.6 Å². The van der Waals surface area contributed by atoms with Gasteiger partial charge in [0, 0.05) is 32.1 Å². The van der Waals surface area contributed by atoms with Gasteiger partial charge >= 0.3 is 0 Å². The van der Waals surface area contributed by atoms with Crippen molar-refractivity contribution in [3.8, 4) is 5.69 Å². The van der Waals surface area contributed by atoms with Gasteiger partial charge in [0.05, 0.1) is 16.8 Å². The third-order valence-corrected chi connectivity index (χ3v) is 7.79. The molecule has 0 bridgehead atoms. The van der Waals surface area contributed by atoms with Crippen molar-refractivity contribution in [1.29, 1.82) is 0 Å². The van der Waals surface area contributed by atoms with E-state index in [-0.39, 0.29) is 17.6 Å². The summed E-state index contributed by atoms with van der Waals surface area (Å²) in [5.41, 5.74) is 3.07. The largest absolute Gasteiger partial charge is 0.354 e. The van der Waals surface area contributed by atoms with Crippen molar-refractivity contribution in [2.75, 3.05) is 31.1 Å². The van der Waals surface area contributed by atoms with Crippen LogP contribution in [0, 0.1) is 12.7 Å². The first-order valence-electron chi connectivity index (χ1n) is 13.6. The summed E-state index contributed by atoms with van der Waals surface area (Å²) in [6.07, 6.45) is 2.78. The second-order valence-corrected chi connectivity index (χ2v) is 10.6. The zero-order chi connectivity index (χ0) is 27.5. The highest BCUT2D eigenvalue weighted by molar-refractivity contribution is 6.30. The van der Waals surface area contributed by atoms with Crippen LogP contribution in [0.25, 0.3) is 16.7 Å². The highest BCUT2D eigenvalue weighted by Crippen LogP contribution is 2.32. The lowest BCUT2D eigenvalue weighted by molar-refractivity contribution is -0.130. The van der Waals surface area contributed by atoms with Gasteiger partial charge < -0.3 is 9.80 Å². The van der Waals surface area contributed by atoms with Crippen LogP contribution in [0.4, 0.5) is 10.2 Å².